The molecule has 0 spiro atoms. The van der Waals surface area contributed by atoms with Crippen molar-refractivity contribution in [3.05, 3.63) is 0 Å². The first-order valence-corrected chi connectivity index (χ1v) is 5.94. The van der Waals surface area contributed by atoms with Gasteiger partial charge in [-0.3, -0.25) is 0 Å². The van der Waals surface area contributed by atoms with Crippen LogP contribution < -0.4 is 5.32 Å². The summed E-state index contributed by atoms with van der Waals surface area (Å²) >= 11 is 0. The third-order valence-electron chi connectivity index (χ3n) is 2.86. The topological polar surface area (TPSA) is 69.6 Å². The highest BCUT2D eigenvalue weighted by Gasteiger charge is 2.33. The van der Waals surface area contributed by atoms with Crippen molar-refractivity contribution in [2.24, 2.45) is 0 Å². The van der Waals surface area contributed by atoms with E-state index in [2.05, 4.69) is 12.2 Å². The number of hydrogen-bond acceptors (Lipinski definition) is 2. The molecule has 0 bridgehead atoms. The molecule has 1 rings (SSSR count). The van der Waals surface area contributed by atoms with E-state index in [0.717, 1.165) is 25.7 Å². The smallest absolute Gasteiger partial charge is 0.326 e. The van der Waals surface area contributed by atoms with Crippen molar-refractivity contribution in [3.63, 3.8) is 0 Å². The number of nitrogens with zero attached hydrogens (tertiary/aromatic N) is 1. The van der Waals surface area contributed by atoms with Gasteiger partial charge in [-0.15, -0.1) is 0 Å². The van der Waals surface area contributed by atoms with E-state index in [4.69, 9.17) is 5.11 Å². The molecule has 0 radical (unpaired) electrons. The van der Waals surface area contributed by atoms with E-state index < -0.39 is 12.0 Å². The first-order chi connectivity index (χ1) is 7.66. The molecule has 0 aromatic carbocycles. The van der Waals surface area contributed by atoms with Crippen molar-refractivity contribution >= 4 is 12.0 Å². The second-order valence-corrected chi connectivity index (χ2v) is 4.13. The lowest BCUT2D eigenvalue weighted by atomic mass is 10.2. The Morgan fingerprint density at radius 3 is 2.81 bits per heavy atom. The zero-order valence-electron chi connectivity index (χ0n) is 9.74. The van der Waals surface area contributed by atoms with Crippen LogP contribution in [0.1, 0.15) is 39.0 Å². The fraction of sp³-hybridized carbons (Fsp3) is 0.818. The normalized spacial score (nSPS) is 19.8. The molecular weight excluding hydrogens is 208 g/mol. The van der Waals surface area contributed by atoms with Gasteiger partial charge in [0.25, 0.3) is 0 Å². The number of carboxylic acids is 1. The van der Waals surface area contributed by atoms with Gasteiger partial charge in [-0.05, 0) is 19.3 Å². The van der Waals surface area contributed by atoms with Crippen LogP contribution in [0.4, 0.5) is 4.79 Å². The van der Waals surface area contributed by atoms with Gasteiger partial charge in [0.05, 0.1) is 0 Å². The molecule has 1 saturated heterocycles. The summed E-state index contributed by atoms with van der Waals surface area (Å²) in [7, 11) is 0. The summed E-state index contributed by atoms with van der Waals surface area (Å²) in [5.74, 6) is -0.902. The van der Waals surface area contributed by atoms with Gasteiger partial charge in [0.15, 0.2) is 0 Å². The molecule has 2 amide bonds. The number of carbonyl (C=O) groups excluding carboxylic acids is 1. The van der Waals surface area contributed by atoms with Gasteiger partial charge in [-0.25, -0.2) is 9.59 Å². The van der Waals surface area contributed by atoms with Crippen molar-refractivity contribution in [2.45, 2.75) is 45.1 Å². The molecule has 1 aliphatic rings. The average Bonchev–Trinajstić information content (AvgIpc) is 2.73. The Bertz CT molecular complexity index is 256. The zero-order chi connectivity index (χ0) is 12.0. The molecule has 1 heterocycles. The van der Waals surface area contributed by atoms with Crippen molar-refractivity contribution in [1.82, 2.24) is 10.2 Å². The minimum atomic E-state index is -0.902. The van der Waals surface area contributed by atoms with Crippen LogP contribution in [0.2, 0.25) is 0 Å². The Morgan fingerprint density at radius 1 is 1.44 bits per heavy atom. The monoisotopic (exact) mass is 228 g/mol. The highest BCUT2D eigenvalue weighted by atomic mass is 16.4. The summed E-state index contributed by atoms with van der Waals surface area (Å²) in [6.07, 6.45) is 4.49. The van der Waals surface area contributed by atoms with Crippen LogP contribution in [0.5, 0.6) is 0 Å². The Morgan fingerprint density at radius 2 is 2.19 bits per heavy atom. The Kier molecular flexibility index (Phi) is 5.08. The molecule has 1 fully saturated rings. The molecule has 0 aromatic heterocycles. The second-order valence-electron chi connectivity index (χ2n) is 4.13. The highest BCUT2D eigenvalue weighted by Crippen LogP contribution is 2.17. The number of aliphatic carboxylic acids is 1. The Hall–Kier alpha value is -1.26. The lowest BCUT2D eigenvalue weighted by molar-refractivity contribution is -0.141. The number of likely N-dealkylation sites (tertiary alicyclic amines) is 1. The van der Waals surface area contributed by atoms with Crippen LogP contribution in [0.3, 0.4) is 0 Å². The number of hydrogen-bond donors (Lipinski definition) is 2. The van der Waals surface area contributed by atoms with E-state index in [-0.39, 0.29) is 6.03 Å². The summed E-state index contributed by atoms with van der Waals surface area (Å²) in [6, 6.07) is -0.868. The number of amides is 2. The Balaban J connectivity index is 2.32. The first kappa shape index (κ1) is 12.8. The lowest BCUT2D eigenvalue weighted by Gasteiger charge is -2.21. The molecule has 1 atom stereocenters. The van der Waals surface area contributed by atoms with Crippen LogP contribution in [-0.4, -0.2) is 41.1 Å². The number of urea groups is 1. The van der Waals surface area contributed by atoms with E-state index in [0.29, 0.717) is 19.5 Å². The fourth-order valence-electron chi connectivity index (χ4n) is 1.94. The van der Waals surface area contributed by atoms with Gasteiger partial charge < -0.3 is 15.3 Å². The molecule has 0 aromatic rings. The SMILES string of the molecule is CCCCCNC(=O)N1CCCC1C(=O)O. The zero-order valence-corrected chi connectivity index (χ0v) is 9.74. The molecule has 1 unspecified atom stereocenters. The highest BCUT2D eigenvalue weighted by molar-refractivity contribution is 5.83. The van der Waals surface area contributed by atoms with Crippen LogP contribution >= 0.6 is 0 Å². The summed E-state index contributed by atoms with van der Waals surface area (Å²) in [5, 5.41) is 11.7. The molecule has 0 aliphatic carbocycles. The summed E-state index contributed by atoms with van der Waals surface area (Å²) < 4.78 is 0. The van der Waals surface area contributed by atoms with Gasteiger partial charge >= 0.3 is 12.0 Å². The predicted octanol–water partition coefficient (Wildman–Crippen LogP) is 1.44. The van der Waals surface area contributed by atoms with E-state index in [1.165, 1.54) is 4.90 Å². The number of rotatable bonds is 5. The van der Waals surface area contributed by atoms with Gasteiger partial charge in [0, 0.05) is 13.1 Å². The maximum Gasteiger partial charge on any atom is 0.326 e. The van der Waals surface area contributed by atoms with Gasteiger partial charge in [0.2, 0.25) is 0 Å². The maximum absolute atomic E-state index is 11.7. The number of unbranched alkanes of at least 4 members (excludes halogenated alkanes) is 2. The number of nitrogens with one attached hydrogen (secondary N) is 1. The van der Waals surface area contributed by atoms with E-state index in [1.807, 2.05) is 0 Å². The van der Waals surface area contributed by atoms with Crippen molar-refractivity contribution in [2.75, 3.05) is 13.1 Å². The van der Waals surface area contributed by atoms with Gasteiger partial charge in [-0.1, -0.05) is 19.8 Å². The Labute approximate surface area is 95.8 Å². The molecule has 0 saturated carbocycles. The third kappa shape index (κ3) is 3.40. The minimum Gasteiger partial charge on any atom is -0.480 e. The fourth-order valence-corrected chi connectivity index (χ4v) is 1.94. The van der Waals surface area contributed by atoms with Crippen LogP contribution in [0, 0.1) is 0 Å². The number of carbonyl (C=O) groups is 2. The summed E-state index contributed by atoms with van der Waals surface area (Å²) in [5.41, 5.74) is 0. The standard InChI is InChI=1S/C11H20N2O3/c1-2-3-4-7-12-11(16)13-8-5-6-9(13)10(14)15/h9H,2-8H2,1H3,(H,12,16)(H,14,15). The van der Waals surface area contributed by atoms with E-state index >= 15 is 0 Å². The molecule has 5 heteroatoms. The van der Waals surface area contributed by atoms with Crippen LogP contribution in [0.25, 0.3) is 0 Å². The second kappa shape index (κ2) is 6.35. The van der Waals surface area contributed by atoms with Crippen LogP contribution in [0.15, 0.2) is 0 Å². The molecule has 5 nitrogen and oxygen atoms in total. The van der Waals surface area contributed by atoms with E-state index in [1.54, 1.807) is 0 Å². The number of carboxylic acid groups (broad SMARTS) is 1. The first-order valence-electron chi connectivity index (χ1n) is 5.94. The molecule has 1 aliphatic heterocycles. The minimum absolute atomic E-state index is 0.235. The summed E-state index contributed by atoms with van der Waals surface area (Å²) in [4.78, 5) is 24.0. The summed E-state index contributed by atoms with van der Waals surface area (Å²) in [6.45, 7) is 3.29. The van der Waals surface area contributed by atoms with Crippen molar-refractivity contribution < 1.29 is 14.7 Å². The largest absolute Gasteiger partial charge is 0.480 e. The quantitative estimate of drug-likeness (QED) is 0.699. The van der Waals surface area contributed by atoms with E-state index in [9.17, 15) is 9.59 Å². The third-order valence-corrected chi connectivity index (χ3v) is 2.86. The predicted molar refractivity (Wildman–Crippen MR) is 60.3 cm³/mol. The van der Waals surface area contributed by atoms with Crippen molar-refractivity contribution in [3.8, 4) is 0 Å². The lowest BCUT2D eigenvalue weighted by Crippen LogP contribution is -2.46. The van der Waals surface area contributed by atoms with Crippen molar-refractivity contribution in [1.29, 1.82) is 0 Å². The van der Waals surface area contributed by atoms with Gasteiger partial charge in [-0.2, -0.15) is 0 Å². The molecule has 16 heavy (non-hydrogen) atoms. The molecule has 2 N–H and O–H groups in total. The maximum atomic E-state index is 11.7. The molecule has 92 valence electrons. The van der Waals surface area contributed by atoms with Crippen LogP contribution in [-0.2, 0) is 4.79 Å². The molecular formula is C11H20N2O3. The average molecular weight is 228 g/mol. The van der Waals surface area contributed by atoms with Gasteiger partial charge in [0.1, 0.15) is 6.04 Å².